The fourth-order valence-corrected chi connectivity index (χ4v) is 2.35. The number of aromatic nitrogens is 2. The van der Waals surface area contributed by atoms with Crippen molar-refractivity contribution in [2.24, 2.45) is 5.84 Å². The molecule has 1 atom stereocenters. The first-order valence-electron chi connectivity index (χ1n) is 6.28. The molecule has 0 spiro atoms. The Hall–Kier alpha value is -1.83. The van der Waals surface area contributed by atoms with E-state index in [0.717, 1.165) is 5.56 Å². The highest BCUT2D eigenvalue weighted by Crippen LogP contribution is 2.28. The molecule has 1 heterocycles. The minimum absolute atomic E-state index is 0.311. The molecule has 0 aliphatic rings. The number of hydrazine groups is 1. The number of nitrogens with two attached hydrogens (primary N) is 1. The molecule has 0 radical (unpaired) electrons. The molecule has 0 amide bonds. The molecule has 0 saturated carbocycles. The van der Waals surface area contributed by atoms with Crippen molar-refractivity contribution < 1.29 is 9.47 Å². The number of nitrogens with one attached hydrogen (secondary N) is 1. The van der Waals surface area contributed by atoms with E-state index in [2.05, 4.69) is 15.4 Å². The Kier molecular flexibility index (Phi) is 5.38. The third-order valence-corrected chi connectivity index (χ3v) is 3.78. The van der Waals surface area contributed by atoms with Crippen LogP contribution in [0.3, 0.4) is 0 Å². The Morgan fingerprint density at radius 1 is 1.19 bits per heavy atom. The summed E-state index contributed by atoms with van der Waals surface area (Å²) in [5, 5.41) is 0. The van der Waals surface area contributed by atoms with Crippen LogP contribution in [0.1, 0.15) is 17.3 Å². The van der Waals surface area contributed by atoms with Crippen molar-refractivity contribution in [3.63, 3.8) is 0 Å². The Bertz CT molecular complexity index is 592. The second-order valence-corrected chi connectivity index (χ2v) is 5.06. The second-order valence-electron chi connectivity index (χ2n) is 4.18. The van der Waals surface area contributed by atoms with Crippen LogP contribution in [-0.4, -0.2) is 30.4 Å². The van der Waals surface area contributed by atoms with Gasteiger partial charge in [0.1, 0.15) is 5.69 Å². The zero-order chi connectivity index (χ0) is 15.2. The Labute approximate surface area is 128 Å². The molecular weight excluding hydrogens is 288 g/mol. The van der Waals surface area contributed by atoms with Gasteiger partial charge in [0.25, 0.3) is 0 Å². The van der Waals surface area contributed by atoms with E-state index >= 15 is 0 Å². The van der Waals surface area contributed by atoms with Gasteiger partial charge in [-0.15, -0.1) is 11.8 Å². The molecule has 2 rings (SSSR count). The summed E-state index contributed by atoms with van der Waals surface area (Å²) < 4.78 is 10.3. The molecule has 0 bridgehead atoms. The van der Waals surface area contributed by atoms with Crippen molar-refractivity contribution in [1.82, 2.24) is 15.4 Å². The van der Waals surface area contributed by atoms with Gasteiger partial charge in [-0.05, 0) is 24.0 Å². The molecule has 112 valence electrons. The van der Waals surface area contributed by atoms with Crippen LogP contribution < -0.4 is 20.7 Å². The van der Waals surface area contributed by atoms with E-state index in [1.54, 1.807) is 18.0 Å². The molecule has 0 saturated heterocycles. The number of methoxy groups -OCH3 is 2. The number of thioether (sulfide) groups is 1. The number of ether oxygens (including phenoxy) is 2. The highest BCUT2D eigenvalue weighted by Gasteiger charge is 2.20. The maximum Gasteiger partial charge on any atom is 0.240 e. The fourth-order valence-electron chi connectivity index (χ4n) is 1.94. The number of nitrogens with zero attached hydrogens (tertiary/aromatic N) is 2. The molecule has 3 N–H and O–H groups in total. The van der Waals surface area contributed by atoms with Gasteiger partial charge in [-0.2, -0.15) is 4.98 Å². The number of hydrogen-bond donors (Lipinski definition) is 2. The molecule has 0 aliphatic heterocycles. The van der Waals surface area contributed by atoms with Gasteiger partial charge in [0.2, 0.25) is 11.8 Å². The smallest absolute Gasteiger partial charge is 0.240 e. The number of hydrogen-bond acceptors (Lipinski definition) is 7. The van der Waals surface area contributed by atoms with E-state index in [4.69, 9.17) is 15.3 Å². The van der Waals surface area contributed by atoms with Crippen LogP contribution in [0.2, 0.25) is 0 Å². The van der Waals surface area contributed by atoms with E-state index in [1.165, 1.54) is 19.1 Å². The summed E-state index contributed by atoms with van der Waals surface area (Å²) in [5.41, 5.74) is 4.34. The van der Waals surface area contributed by atoms with Crippen LogP contribution in [0.15, 0.2) is 35.4 Å². The minimum Gasteiger partial charge on any atom is -0.480 e. The van der Waals surface area contributed by atoms with Gasteiger partial charge in [0.15, 0.2) is 0 Å². The van der Waals surface area contributed by atoms with Crippen LogP contribution in [0, 0.1) is 0 Å². The quantitative estimate of drug-likeness (QED) is 0.478. The summed E-state index contributed by atoms with van der Waals surface area (Å²) in [6.07, 6.45) is 3.57. The summed E-state index contributed by atoms with van der Waals surface area (Å²) >= 11 is 1.68. The summed E-state index contributed by atoms with van der Waals surface area (Å²) in [6, 6.07) is 7.76. The van der Waals surface area contributed by atoms with Crippen molar-refractivity contribution in [2.75, 3.05) is 20.5 Å². The Morgan fingerprint density at radius 2 is 1.90 bits per heavy atom. The van der Waals surface area contributed by atoms with Crippen molar-refractivity contribution in [1.29, 1.82) is 0 Å². The van der Waals surface area contributed by atoms with Crippen molar-refractivity contribution in [3.8, 4) is 11.8 Å². The van der Waals surface area contributed by atoms with Crippen LogP contribution in [0.5, 0.6) is 11.8 Å². The van der Waals surface area contributed by atoms with Gasteiger partial charge in [-0.1, -0.05) is 12.1 Å². The average Bonchev–Trinajstić information content (AvgIpc) is 2.56. The molecule has 2 aromatic rings. The Balaban J connectivity index is 2.40. The molecule has 6 nitrogen and oxygen atoms in total. The lowest BCUT2D eigenvalue weighted by Gasteiger charge is -2.18. The molecule has 21 heavy (non-hydrogen) atoms. The normalized spacial score (nSPS) is 12.0. The van der Waals surface area contributed by atoms with Crippen LogP contribution in [-0.2, 0) is 0 Å². The first-order chi connectivity index (χ1) is 10.2. The monoisotopic (exact) mass is 306 g/mol. The lowest BCUT2D eigenvalue weighted by atomic mass is 10.0. The third-order valence-electron chi connectivity index (χ3n) is 3.04. The van der Waals surface area contributed by atoms with Gasteiger partial charge in [0.05, 0.1) is 26.5 Å². The second kappa shape index (κ2) is 7.26. The van der Waals surface area contributed by atoms with Crippen molar-refractivity contribution >= 4 is 11.8 Å². The van der Waals surface area contributed by atoms with Crippen LogP contribution in [0.25, 0.3) is 0 Å². The fraction of sp³-hybridized carbons (Fsp3) is 0.286. The van der Waals surface area contributed by atoms with Crippen molar-refractivity contribution in [3.05, 3.63) is 41.7 Å². The molecule has 0 fully saturated rings. The summed E-state index contributed by atoms with van der Waals surface area (Å²) in [4.78, 5) is 9.76. The van der Waals surface area contributed by atoms with E-state index in [1.807, 2.05) is 30.5 Å². The molecule has 0 aliphatic carbocycles. The zero-order valence-electron chi connectivity index (χ0n) is 12.2. The highest BCUT2D eigenvalue weighted by molar-refractivity contribution is 7.98. The van der Waals surface area contributed by atoms with Gasteiger partial charge >= 0.3 is 0 Å². The number of benzene rings is 1. The molecule has 1 aromatic heterocycles. The maximum absolute atomic E-state index is 5.69. The van der Waals surface area contributed by atoms with Gasteiger partial charge in [0, 0.05) is 4.90 Å². The predicted molar refractivity (Wildman–Crippen MR) is 82.5 cm³/mol. The molecule has 1 aromatic carbocycles. The lowest BCUT2D eigenvalue weighted by Crippen LogP contribution is -2.30. The van der Waals surface area contributed by atoms with Gasteiger partial charge < -0.3 is 9.47 Å². The summed E-state index contributed by atoms with van der Waals surface area (Å²) in [7, 11) is 3.07. The lowest BCUT2D eigenvalue weighted by molar-refractivity contribution is 0.352. The van der Waals surface area contributed by atoms with Crippen molar-refractivity contribution in [2.45, 2.75) is 10.9 Å². The molecule has 7 heteroatoms. The number of rotatable bonds is 6. The van der Waals surface area contributed by atoms with E-state index in [9.17, 15) is 0 Å². The maximum atomic E-state index is 5.69. The first kappa shape index (κ1) is 15.6. The Morgan fingerprint density at radius 3 is 2.43 bits per heavy atom. The molecular formula is C14H18N4O2S. The highest BCUT2D eigenvalue weighted by atomic mass is 32.2. The summed E-state index contributed by atoms with van der Waals surface area (Å²) in [6.45, 7) is 0. The SMILES string of the molecule is COc1cnc(C(NN)c2ccc(SC)cc2)c(OC)n1. The van der Waals surface area contributed by atoms with Gasteiger partial charge in [-0.3, -0.25) is 5.84 Å². The van der Waals surface area contributed by atoms with Gasteiger partial charge in [-0.25, -0.2) is 10.4 Å². The largest absolute Gasteiger partial charge is 0.480 e. The topological polar surface area (TPSA) is 82.3 Å². The third kappa shape index (κ3) is 3.44. The van der Waals surface area contributed by atoms with E-state index in [0.29, 0.717) is 17.5 Å². The standard InChI is InChI=1S/C14H18N4O2S/c1-19-11-8-16-13(14(17-11)20-2)12(18-15)9-4-6-10(21-3)7-5-9/h4-8,12,18H,15H2,1-3H3. The first-order valence-corrected chi connectivity index (χ1v) is 7.51. The summed E-state index contributed by atoms with van der Waals surface area (Å²) in [5.74, 6) is 6.47. The van der Waals surface area contributed by atoms with Crippen LogP contribution in [0.4, 0.5) is 0 Å². The van der Waals surface area contributed by atoms with E-state index in [-0.39, 0.29) is 6.04 Å². The van der Waals surface area contributed by atoms with Crippen LogP contribution >= 0.6 is 11.8 Å². The average molecular weight is 306 g/mol. The minimum atomic E-state index is -0.311. The van der Waals surface area contributed by atoms with E-state index < -0.39 is 0 Å². The zero-order valence-corrected chi connectivity index (χ0v) is 13.0. The predicted octanol–water partition coefficient (Wildman–Crippen LogP) is 1.77. The molecule has 1 unspecified atom stereocenters.